The van der Waals surface area contributed by atoms with Gasteiger partial charge in [-0.2, -0.15) is 4.31 Å². The first-order chi connectivity index (χ1) is 26.8. The van der Waals surface area contributed by atoms with Gasteiger partial charge < -0.3 is 38.6 Å². The number of esters is 1. The lowest BCUT2D eigenvalue weighted by Crippen LogP contribution is -2.51. The fraction of sp³-hybridized carbons (Fsp3) is 0.500. The molecular formula is C38H50N3O13PS. The maximum absolute atomic E-state index is 13.8. The fourth-order valence-electron chi connectivity index (χ4n) is 6.21. The Bertz CT molecular complexity index is 1870. The molecule has 0 radical (unpaired) electrons. The number of alkyl carbamates (subject to hydrolysis) is 1. The molecule has 1 unspecified atom stereocenters. The second-order valence-corrected chi connectivity index (χ2v) is 17.6. The van der Waals surface area contributed by atoms with Gasteiger partial charge in [0.1, 0.15) is 22.5 Å². The van der Waals surface area contributed by atoms with Gasteiger partial charge in [-0.05, 0) is 74.6 Å². The molecule has 2 fully saturated rings. The number of carbonyl (C=O) groups excluding carboxylic acids is 2. The summed E-state index contributed by atoms with van der Waals surface area (Å²) < 4.78 is 81.4. The van der Waals surface area contributed by atoms with Gasteiger partial charge in [0.05, 0.1) is 37.9 Å². The summed E-state index contributed by atoms with van der Waals surface area (Å²) in [6, 6.07) is 16.8. The van der Waals surface area contributed by atoms with E-state index in [1.165, 1.54) is 35.8 Å². The summed E-state index contributed by atoms with van der Waals surface area (Å²) in [4.78, 5) is 29.5. The molecule has 56 heavy (non-hydrogen) atoms. The molecule has 16 nitrogen and oxygen atoms in total. The predicted octanol–water partition coefficient (Wildman–Crippen LogP) is 4.76. The second-order valence-electron chi connectivity index (χ2n) is 13.8. The maximum Gasteiger partial charge on any atom is 0.417 e. The van der Waals surface area contributed by atoms with Gasteiger partial charge >= 0.3 is 19.7 Å². The van der Waals surface area contributed by atoms with E-state index in [0.29, 0.717) is 18.6 Å². The van der Waals surface area contributed by atoms with Crippen molar-refractivity contribution >= 4 is 29.7 Å². The Morgan fingerprint density at radius 2 is 1.77 bits per heavy atom. The van der Waals surface area contributed by atoms with Crippen LogP contribution in [0.1, 0.15) is 39.7 Å². The number of pyridine rings is 1. The summed E-state index contributed by atoms with van der Waals surface area (Å²) in [5, 5.41) is 14.4. The van der Waals surface area contributed by atoms with Crippen LogP contribution in [0.25, 0.3) is 0 Å². The van der Waals surface area contributed by atoms with Crippen LogP contribution < -0.4 is 14.6 Å². The summed E-state index contributed by atoms with van der Waals surface area (Å²) in [5.41, 5.74) is 0.636. The highest BCUT2D eigenvalue weighted by atomic mass is 32.2. The SMILES string of the molecule is CCOC(=O)[C@H](C)OP(=O)(COc1ccc(C[C@H](NC(=O)O[C@H]2CO[C@H]3OCC[C@H]32)[C@H](O)CN(CC(C)C)S(=O)(=O)c2cccnc2)cc1)Oc1ccccc1. The van der Waals surface area contributed by atoms with Crippen molar-refractivity contribution in [3.05, 3.63) is 84.7 Å². The average Bonchev–Trinajstić information content (AvgIpc) is 3.80. The number of hydrogen-bond acceptors (Lipinski definition) is 14. The normalized spacial score (nSPS) is 20.7. The molecular weight excluding hydrogens is 769 g/mol. The lowest BCUT2D eigenvalue weighted by atomic mass is 10.0. The van der Waals surface area contributed by atoms with E-state index in [-0.39, 0.29) is 61.0 Å². The molecule has 2 saturated heterocycles. The molecule has 2 aromatic carbocycles. The number of nitrogens with zero attached hydrogens (tertiary/aromatic N) is 2. The van der Waals surface area contributed by atoms with Gasteiger partial charge in [0.15, 0.2) is 12.4 Å². The number of hydrogen-bond donors (Lipinski definition) is 2. The second kappa shape index (κ2) is 19.9. The zero-order chi connectivity index (χ0) is 40.3. The Morgan fingerprint density at radius 1 is 1.02 bits per heavy atom. The lowest BCUT2D eigenvalue weighted by Gasteiger charge is -2.31. The van der Waals surface area contributed by atoms with Gasteiger partial charge in [-0.25, -0.2) is 22.6 Å². The third-order valence-electron chi connectivity index (χ3n) is 8.94. The van der Waals surface area contributed by atoms with Crippen LogP contribution >= 0.6 is 7.60 Å². The van der Waals surface area contributed by atoms with E-state index in [1.54, 1.807) is 61.5 Å². The summed E-state index contributed by atoms with van der Waals surface area (Å²) >= 11 is 0. The number of aromatic nitrogens is 1. The van der Waals surface area contributed by atoms with Gasteiger partial charge in [-0.15, -0.1) is 0 Å². The first-order valence-electron chi connectivity index (χ1n) is 18.5. The quantitative estimate of drug-likeness (QED) is 0.117. The number of para-hydroxylation sites is 1. The number of amides is 1. The summed E-state index contributed by atoms with van der Waals surface area (Å²) in [6.45, 7) is 7.29. The molecule has 0 bridgehead atoms. The van der Waals surface area contributed by atoms with Crippen molar-refractivity contribution in [2.45, 2.75) is 76.1 Å². The number of aliphatic hydroxyl groups is 1. The number of carbonyl (C=O) groups is 2. The van der Waals surface area contributed by atoms with Crippen molar-refractivity contribution in [2.75, 3.05) is 39.3 Å². The number of fused-ring (bicyclic) bond motifs is 1. The molecule has 2 aliphatic heterocycles. The average molecular weight is 820 g/mol. The van der Waals surface area contributed by atoms with Crippen LogP contribution in [0, 0.1) is 11.8 Å². The molecule has 7 atom stereocenters. The number of rotatable bonds is 20. The van der Waals surface area contributed by atoms with E-state index in [0.717, 1.165) is 0 Å². The van der Waals surface area contributed by atoms with Gasteiger partial charge in [0.2, 0.25) is 16.4 Å². The highest BCUT2D eigenvalue weighted by Crippen LogP contribution is 2.49. The van der Waals surface area contributed by atoms with Crippen molar-refractivity contribution < 1.29 is 60.4 Å². The highest BCUT2D eigenvalue weighted by molar-refractivity contribution is 7.89. The highest BCUT2D eigenvalue weighted by Gasteiger charge is 2.44. The van der Waals surface area contributed by atoms with Crippen LogP contribution in [0.15, 0.2) is 84.0 Å². The largest absolute Gasteiger partial charge is 0.480 e. The molecule has 5 rings (SSSR count). The molecule has 2 aliphatic rings. The predicted molar refractivity (Wildman–Crippen MR) is 202 cm³/mol. The van der Waals surface area contributed by atoms with E-state index >= 15 is 0 Å². The van der Waals surface area contributed by atoms with Gasteiger partial charge in [0.25, 0.3) is 0 Å². The van der Waals surface area contributed by atoms with Gasteiger partial charge in [-0.1, -0.05) is 44.2 Å². The third-order valence-corrected chi connectivity index (χ3v) is 12.3. The topological polar surface area (TPSA) is 198 Å². The van der Waals surface area contributed by atoms with Gasteiger partial charge in [-0.3, -0.25) is 9.51 Å². The zero-order valence-electron chi connectivity index (χ0n) is 31.8. The number of sulfonamides is 1. The molecule has 0 saturated carbocycles. The van der Waals surface area contributed by atoms with Gasteiger partial charge in [0, 0.05) is 25.5 Å². The first kappa shape index (κ1) is 43.0. The monoisotopic (exact) mass is 819 g/mol. The van der Waals surface area contributed by atoms with Crippen LogP contribution in [0.5, 0.6) is 11.5 Å². The van der Waals surface area contributed by atoms with Crippen molar-refractivity contribution in [2.24, 2.45) is 11.8 Å². The van der Waals surface area contributed by atoms with E-state index in [1.807, 2.05) is 13.8 Å². The van der Waals surface area contributed by atoms with E-state index < -0.39 is 66.7 Å². The summed E-state index contributed by atoms with van der Waals surface area (Å²) in [6.07, 6.45) is -1.48. The molecule has 1 amide bonds. The molecule has 18 heteroatoms. The Labute approximate surface area is 327 Å². The van der Waals surface area contributed by atoms with Crippen LogP contribution in [-0.4, -0.2) is 105 Å². The molecule has 2 N–H and O–H groups in total. The number of benzene rings is 2. The van der Waals surface area contributed by atoms with Crippen LogP contribution in [-0.2, 0) is 49.3 Å². The smallest absolute Gasteiger partial charge is 0.417 e. The lowest BCUT2D eigenvalue weighted by molar-refractivity contribution is -0.150. The minimum Gasteiger partial charge on any atom is -0.480 e. The first-order valence-corrected chi connectivity index (χ1v) is 21.6. The molecule has 1 aromatic heterocycles. The Hall–Kier alpha value is -4.09. The fourth-order valence-corrected chi connectivity index (χ4v) is 9.27. The van der Waals surface area contributed by atoms with E-state index in [9.17, 15) is 27.7 Å². The molecule has 0 aliphatic carbocycles. The van der Waals surface area contributed by atoms with Crippen LogP contribution in [0.2, 0.25) is 0 Å². The van der Waals surface area contributed by atoms with Crippen molar-refractivity contribution in [1.82, 2.24) is 14.6 Å². The van der Waals surface area contributed by atoms with Crippen molar-refractivity contribution in [1.29, 1.82) is 0 Å². The Morgan fingerprint density at radius 3 is 2.45 bits per heavy atom. The summed E-state index contributed by atoms with van der Waals surface area (Å²) in [5.74, 6) is -0.386. The third kappa shape index (κ3) is 12.0. The molecule has 3 heterocycles. The standard InChI is InChI=1S/C38H50N3O13PS/c1-5-48-36(43)27(4)53-55(45,54-30-10-7-6-8-11-30)25-51-29-15-13-28(14-16-29)20-33(40-38(44)52-35-24-50-37-32(35)17-19-49-37)34(42)23-41(22-26(2)3)56(46,47)31-12-9-18-39-21-31/h6-16,18,21,26-27,32-35,37,42H,5,17,19-20,22-25H2,1-4H3,(H,40,44)/t27-,32-,33-,34+,35-,37+,55?/m0/s1. The Kier molecular flexibility index (Phi) is 15.3. The number of aliphatic hydroxyl groups excluding tert-OH is 1. The summed E-state index contributed by atoms with van der Waals surface area (Å²) in [7, 11) is -8.14. The molecule has 0 spiro atoms. The minimum absolute atomic E-state index is 0.0265. The molecule has 306 valence electrons. The minimum atomic E-state index is -4.08. The molecule has 3 aromatic rings. The maximum atomic E-state index is 13.8. The van der Waals surface area contributed by atoms with E-state index in [2.05, 4.69) is 10.3 Å². The zero-order valence-corrected chi connectivity index (χ0v) is 33.5. The van der Waals surface area contributed by atoms with Crippen LogP contribution in [0.3, 0.4) is 0 Å². The van der Waals surface area contributed by atoms with Crippen molar-refractivity contribution in [3.8, 4) is 11.5 Å². The van der Waals surface area contributed by atoms with Crippen LogP contribution in [0.4, 0.5) is 4.79 Å². The van der Waals surface area contributed by atoms with Crippen molar-refractivity contribution in [3.63, 3.8) is 0 Å². The Balaban J connectivity index is 1.31. The van der Waals surface area contributed by atoms with E-state index in [4.69, 9.17) is 32.7 Å². The number of nitrogens with one attached hydrogen (secondary N) is 1. The number of ether oxygens (including phenoxy) is 5.